The summed E-state index contributed by atoms with van der Waals surface area (Å²) in [6.07, 6.45) is 13.2. The van der Waals surface area contributed by atoms with Crippen LogP contribution in [0.25, 0.3) is 0 Å². The van der Waals surface area contributed by atoms with E-state index < -0.39 is 5.91 Å². The molecule has 3 aliphatic rings. The van der Waals surface area contributed by atoms with Crippen LogP contribution in [-0.4, -0.2) is 10.8 Å². The van der Waals surface area contributed by atoms with Crippen LogP contribution in [0.2, 0.25) is 0 Å². The second-order valence-electron chi connectivity index (χ2n) is 4.84. The third kappa shape index (κ3) is 1.41. The van der Waals surface area contributed by atoms with Gasteiger partial charge in [0.2, 0.25) is 0 Å². The van der Waals surface area contributed by atoms with Crippen molar-refractivity contribution in [3.63, 3.8) is 0 Å². The molecule has 1 fully saturated rings. The van der Waals surface area contributed by atoms with Crippen LogP contribution in [0.1, 0.15) is 45.4 Å². The van der Waals surface area contributed by atoms with E-state index in [4.69, 9.17) is 9.47 Å². The second-order valence-corrected chi connectivity index (χ2v) is 4.84. The molecule has 0 aromatic carbocycles. The van der Waals surface area contributed by atoms with Crippen LogP contribution in [0.3, 0.4) is 0 Å². The fraction of sp³-hybridized carbons (Fsp3) is 0.692. The summed E-state index contributed by atoms with van der Waals surface area (Å²) in [7, 11) is 0. The van der Waals surface area contributed by atoms with Crippen LogP contribution < -0.4 is 0 Å². The highest BCUT2D eigenvalue weighted by Crippen LogP contribution is 2.42. The topological polar surface area (TPSA) is 21.7 Å². The molecule has 2 aliphatic heterocycles. The summed E-state index contributed by atoms with van der Waals surface area (Å²) in [6.45, 7) is 2.09. The van der Waals surface area contributed by atoms with Crippen molar-refractivity contribution in [2.45, 2.75) is 51.4 Å². The van der Waals surface area contributed by atoms with Crippen molar-refractivity contribution >= 4 is 0 Å². The highest BCUT2D eigenvalue weighted by molar-refractivity contribution is 5.13. The zero-order valence-corrected chi connectivity index (χ0v) is 9.82. The van der Waals surface area contributed by atoms with Crippen LogP contribution in [-0.2, 0) is 9.47 Å². The number of ether oxygens (including phenoxy) is 2. The van der Waals surface area contributed by atoms with Crippen LogP contribution in [0.5, 0.6) is 0 Å². The van der Waals surface area contributed by atoms with E-state index in [0.717, 1.165) is 12.2 Å². The van der Waals surface area contributed by atoms with Gasteiger partial charge in [0.1, 0.15) is 12.0 Å². The molecule has 0 bridgehead atoms. The minimum atomic E-state index is -0.549. The number of allylic oxidation sites excluding steroid dienone is 1. The van der Waals surface area contributed by atoms with Gasteiger partial charge in [-0.05, 0) is 12.8 Å². The fourth-order valence-electron chi connectivity index (χ4n) is 2.86. The van der Waals surface area contributed by atoms with Gasteiger partial charge in [-0.2, -0.15) is 0 Å². The molecule has 3 nitrogen and oxygen atoms in total. The predicted octanol–water partition coefficient (Wildman–Crippen LogP) is 3.31. The molecule has 0 saturated heterocycles. The lowest BCUT2D eigenvalue weighted by Crippen LogP contribution is -2.38. The molecule has 1 aliphatic carbocycles. The predicted molar refractivity (Wildman–Crippen MR) is 60.8 cm³/mol. The number of hydrogen-bond donors (Lipinski definition) is 0. The molecule has 0 radical (unpaired) electrons. The van der Waals surface area contributed by atoms with Gasteiger partial charge in [-0.1, -0.05) is 26.2 Å². The summed E-state index contributed by atoms with van der Waals surface area (Å²) < 4.78 is 11.7. The van der Waals surface area contributed by atoms with Gasteiger partial charge in [0.05, 0.1) is 0 Å². The lowest BCUT2D eigenvalue weighted by Gasteiger charge is -2.30. The Bertz CT molecular complexity index is 331. The van der Waals surface area contributed by atoms with Crippen molar-refractivity contribution in [3.05, 3.63) is 24.4 Å². The first-order valence-electron chi connectivity index (χ1n) is 6.38. The molecule has 1 unspecified atom stereocenters. The molecule has 1 atom stereocenters. The van der Waals surface area contributed by atoms with Crippen molar-refractivity contribution in [1.29, 1.82) is 0 Å². The Morgan fingerprint density at radius 2 is 2.19 bits per heavy atom. The average molecular weight is 221 g/mol. The molecule has 3 rings (SSSR count). The monoisotopic (exact) mass is 221 g/mol. The van der Waals surface area contributed by atoms with E-state index in [2.05, 4.69) is 18.0 Å². The van der Waals surface area contributed by atoms with Crippen LogP contribution >= 0.6 is 0 Å². The van der Waals surface area contributed by atoms with Crippen molar-refractivity contribution in [1.82, 2.24) is 4.90 Å². The maximum Gasteiger partial charge on any atom is 0.340 e. The highest BCUT2D eigenvalue weighted by Gasteiger charge is 2.46. The van der Waals surface area contributed by atoms with E-state index in [9.17, 15) is 0 Å². The van der Waals surface area contributed by atoms with Crippen LogP contribution in [0.15, 0.2) is 24.4 Å². The summed E-state index contributed by atoms with van der Waals surface area (Å²) in [5.74, 6) is 1.19. The molecule has 0 N–H and O–H groups in total. The number of nitrogens with zero attached hydrogens (tertiary/aromatic N) is 1. The van der Waals surface area contributed by atoms with Gasteiger partial charge < -0.3 is 9.47 Å². The quantitative estimate of drug-likeness (QED) is 0.714. The number of fused-ring (bicyclic) bond motifs is 1. The molecule has 0 aromatic rings. The molecule has 3 heteroatoms. The zero-order chi connectivity index (χ0) is 11.0. The smallest absolute Gasteiger partial charge is 0.340 e. The first-order chi connectivity index (χ1) is 7.84. The van der Waals surface area contributed by atoms with Crippen molar-refractivity contribution in [2.75, 3.05) is 0 Å². The summed E-state index contributed by atoms with van der Waals surface area (Å²) in [4.78, 5) is 2.07. The fourth-order valence-corrected chi connectivity index (χ4v) is 2.86. The molecule has 0 spiro atoms. The molecular formula is C13H19NO2. The van der Waals surface area contributed by atoms with Gasteiger partial charge in [0, 0.05) is 24.7 Å². The largest absolute Gasteiger partial charge is 0.441 e. The number of rotatable bonds is 2. The average Bonchev–Trinajstić information content (AvgIpc) is 2.86. The molecule has 2 heterocycles. The van der Waals surface area contributed by atoms with E-state index in [1.165, 1.54) is 32.1 Å². The van der Waals surface area contributed by atoms with Crippen molar-refractivity contribution in [3.8, 4) is 0 Å². The summed E-state index contributed by atoms with van der Waals surface area (Å²) >= 11 is 0. The maximum absolute atomic E-state index is 6.06. The third-order valence-corrected chi connectivity index (χ3v) is 3.87. The van der Waals surface area contributed by atoms with Gasteiger partial charge in [-0.25, -0.2) is 0 Å². The van der Waals surface area contributed by atoms with Crippen molar-refractivity contribution in [2.24, 2.45) is 5.92 Å². The summed E-state index contributed by atoms with van der Waals surface area (Å²) in [5, 5.41) is 0. The van der Waals surface area contributed by atoms with Gasteiger partial charge in [-0.3, -0.25) is 4.90 Å². The maximum atomic E-state index is 6.06. The van der Waals surface area contributed by atoms with Crippen LogP contribution in [0.4, 0.5) is 0 Å². The molecule has 0 amide bonds. The van der Waals surface area contributed by atoms with E-state index in [1.54, 1.807) is 6.26 Å². The molecule has 88 valence electrons. The van der Waals surface area contributed by atoms with Gasteiger partial charge in [0.25, 0.3) is 0 Å². The van der Waals surface area contributed by atoms with Gasteiger partial charge >= 0.3 is 5.91 Å². The first kappa shape index (κ1) is 10.1. The second kappa shape index (κ2) is 3.72. The Morgan fingerprint density at radius 1 is 1.38 bits per heavy atom. The highest BCUT2D eigenvalue weighted by atomic mass is 16.7. The minimum Gasteiger partial charge on any atom is -0.441 e. The molecule has 16 heavy (non-hydrogen) atoms. The SMILES string of the molecule is CCC12OC=CN1C=C(C1CCCCC1)O2. The lowest BCUT2D eigenvalue weighted by atomic mass is 9.88. The van der Waals surface area contributed by atoms with Crippen LogP contribution in [0, 0.1) is 5.92 Å². The Morgan fingerprint density at radius 3 is 2.88 bits per heavy atom. The zero-order valence-electron chi connectivity index (χ0n) is 9.82. The van der Waals surface area contributed by atoms with E-state index in [-0.39, 0.29) is 0 Å². The first-order valence-corrected chi connectivity index (χ1v) is 6.38. The summed E-state index contributed by atoms with van der Waals surface area (Å²) in [6, 6.07) is 0. The van der Waals surface area contributed by atoms with E-state index >= 15 is 0 Å². The molecular weight excluding hydrogens is 202 g/mol. The Balaban J connectivity index is 1.76. The summed E-state index contributed by atoms with van der Waals surface area (Å²) in [5.41, 5.74) is 0. The third-order valence-electron chi connectivity index (χ3n) is 3.87. The Labute approximate surface area is 96.7 Å². The van der Waals surface area contributed by atoms with Gasteiger partial charge in [0.15, 0.2) is 0 Å². The Kier molecular flexibility index (Phi) is 2.34. The number of hydrogen-bond acceptors (Lipinski definition) is 3. The van der Waals surface area contributed by atoms with E-state index in [0.29, 0.717) is 5.92 Å². The van der Waals surface area contributed by atoms with E-state index in [1.807, 2.05) is 6.20 Å². The molecule has 1 saturated carbocycles. The minimum absolute atomic E-state index is 0.549. The standard InChI is InChI=1S/C13H19NO2/c1-2-13-14(8-9-15-13)10-12(16-13)11-6-4-3-5-7-11/h8-11H,2-7H2,1H3. The lowest BCUT2D eigenvalue weighted by molar-refractivity contribution is -0.218. The van der Waals surface area contributed by atoms with Gasteiger partial charge in [-0.15, -0.1) is 0 Å². The van der Waals surface area contributed by atoms with Crippen molar-refractivity contribution < 1.29 is 9.47 Å². The normalized spacial score (nSPS) is 33.3. The Hall–Kier alpha value is -1.12. The molecule has 0 aromatic heterocycles.